The van der Waals surface area contributed by atoms with Gasteiger partial charge in [-0.15, -0.1) is 0 Å². The van der Waals surface area contributed by atoms with Crippen LogP contribution in [0.4, 0.5) is 0 Å². The summed E-state index contributed by atoms with van der Waals surface area (Å²) in [5.41, 5.74) is 1.09. The molecule has 0 aliphatic heterocycles. The number of nitrogens with one attached hydrogen (secondary N) is 1. The predicted octanol–water partition coefficient (Wildman–Crippen LogP) is 4.10. The molecule has 2 heterocycles. The Morgan fingerprint density at radius 3 is 2.60 bits per heavy atom. The number of rotatable bonds is 7. The molecule has 1 N–H and O–H groups in total. The highest BCUT2D eigenvalue weighted by atomic mass is 79.9. The normalized spacial score (nSPS) is 13.1. The molecule has 0 saturated heterocycles. The molecule has 2 rings (SSSR count). The number of aromatic nitrogens is 2. The molecule has 4 nitrogen and oxygen atoms in total. The number of hydrogen-bond acceptors (Lipinski definition) is 3. The fourth-order valence-electron chi connectivity index (χ4n) is 2.42. The minimum atomic E-state index is 0.145. The number of likely N-dealkylation sites (N-methyl/N-ethyl adjacent to an activating group) is 1. The number of hydrogen-bond donors (Lipinski definition) is 1. The van der Waals surface area contributed by atoms with Crippen molar-refractivity contribution in [2.45, 2.75) is 45.2 Å². The molecule has 0 aliphatic carbocycles. The van der Waals surface area contributed by atoms with E-state index >= 15 is 0 Å². The van der Waals surface area contributed by atoms with Gasteiger partial charge >= 0.3 is 0 Å². The van der Waals surface area contributed by atoms with Gasteiger partial charge in [-0.25, -0.2) is 0 Å². The Labute approximate surface area is 128 Å². The molecule has 0 amide bonds. The molecule has 1 atom stereocenters. The average molecular weight is 340 g/mol. The third kappa shape index (κ3) is 3.52. The maximum atomic E-state index is 5.62. The first-order chi connectivity index (χ1) is 9.67. The predicted molar refractivity (Wildman–Crippen MR) is 83.8 cm³/mol. The van der Waals surface area contributed by atoms with E-state index in [1.165, 1.54) is 0 Å². The van der Waals surface area contributed by atoms with Crippen LogP contribution in [0.15, 0.2) is 33.5 Å². The smallest absolute Gasteiger partial charge is 0.169 e. The summed E-state index contributed by atoms with van der Waals surface area (Å²) in [5.74, 6) is 0.927. The van der Waals surface area contributed by atoms with Crippen molar-refractivity contribution in [3.63, 3.8) is 0 Å². The topological polar surface area (TPSA) is 43.0 Å². The largest absolute Gasteiger partial charge is 0.453 e. The first kappa shape index (κ1) is 15.3. The van der Waals surface area contributed by atoms with Gasteiger partial charge in [0.25, 0.3) is 0 Å². The third-order valence-electron chi connectivity index (χ3n) is 3.68. The van der Waals surface area contributed by atoms with E-state index in [1.54, 1.807) is 0 Å². The van der Waals surface area contributed by atoms with Gasteiger partial charge in [0.2, 0.25) is 0 Å². The first-order valence-electron chi connectivity index (χ1n) is 7.14. The summed E-state index contributed by atoms with van der Waals surface area (Å²) < 4.78 is 8.47. The van der Waals surface area contributed by atoms with Gasteiger partial charge in [0.1, 0.15) is 5.76 Å². The zero-order valence-corrected chi connectivity index (χ0v) is 13.9. The molecule has 2 aromatic rings. The van der Waals surface area contributed by atoms with Gasteiger partial charge in [-0.2, -0.15) is 5.10 Å². The molecule has 0 radical (unpaired) electrons. The lowest BCUT2D eigenvalue weighted by Gasteiger charge is -2.14. The summed E-state index contributed by atoms with van der Waals surface area (Å²) in [5, 5.41) is 7.98. The lowest BCUT2D eigenvalue weighted by Crippen LogP contribution is -2.18. The maximum absolute atomic E-state index is 5.62. The van der Waals surface area contributed by atoms with Crippen LogP contribution in [0.2, 0.25) is 0 Å². The fraction of sp³-hybridized carbons (Fsp3) is 0.533. The van der Waals surface area contributed by atoms with Crippen molar-refractivity contribution in [1.82, 2.24) is 15.1 Å². The monoisotopic (exact) mass is 339 g/mol. The quantitative estimate of drug-likeness (QED) is 0.825. The van der Waals surface area contributed by atoms with Gasteiger partial charge in [0, 0.05) is 12.6 Å². The summed E-state index contributed by atoms with van der Waals surface area (Å²) in [6.07, 6.45) is 5.12. The second-order valence-electron chi connectivity index (χ2n) is 4.94. The van der Waals surface area contributed by atoms with Crippen LogP contribution in [0.5, 0.6) is 0 Å². The van der Waals surface area contributed by atoms with Crippen molar-refractivity contribution in [1.29, 1.82) is 0 Å². The Morgan fingerprint density at radius 2 is 2.05 bits per heavy atom. The molecule has 0 spiro atoms. The Balaban J connectivity index is 2.08. The lowest BCUT2D eigenvalue weighted by molar-refractivity contribution is 0.404. The van der Waals surface area contributed by atoms with Crippen molar-refractivity contribution < 1.29 is 4.42 Å². The standard InChI is InChI=1S/C15H22BrN3O/c1-4-12(5-2)19-9-8-11(18-19)10-13(17-3)14-6-7-15(16)20-14/h6-9,12-13,17H,4-5,10H2,1-3H3. The van der Waals surface area contributed by atoms with Crippen LogP contribution < -0.4 is 5.32 Å². The molecule has 20 heavy (non-hydrogen) atoms. The molecule has 0 aliphatic rings. The maximum Gasteiger partial charge on any atom is 0.169 e. The highest BCUT2D eigenvalue weighted by molar-refractivity contribution is 9.10. The van der Waals surface area contributed by atoms with Gasteiger partial charge < -0.3 is 9.73 Å². The van der Waals surface area contributed by atoms with Crippen LogP contribution in [-0.4, -0.2) is 16.8 Å². The Bertz CT molecular complexity index is 531. The van der Waals surface area contributed by atoms with Gasteiger partial charge in [-0.3, -0.25) is 4.68 Å². The van der Waals surface area contributed by atoms with E-state index in [-0.39, 0.29) is 6.04 Å². The lowest BCUT2D eigenvalue weighted by atomic mass is 10.1. The van der Waals surface area contributed by atoms with Crippen LogP contribution in [0, 0.1) is 0 Å². The Kier molecular flexibility index (Phi) is 5.43. The molecule has 110 valence electrons. The molecule has 0 fully saturated rings. The number of halogens is 1. The van der Waals surface area contributed by atoms with Gasteiger partial charge in [0.05, 0.1) is 17.8 Å². The number of nitrogens with zero attached hydrogens (tertiary/aromatic N) is 2. The average Bonchev–Trinajstić information content (AvgIpc) is 3.07. The second kappa shape index (κ2) is 7.09. The molecule has 1 unspecified atom stereocenters. The van der Waals surface area contributed by atoms with Crippen molar-refractivity contribution in [3.05, 3.63) is 40.5 Å². The molecular weight excluding hydrogens is 318 g/mol. The van der Waals surface area contributed by atoms with E-state index in [4.69, 9.17) is 9.52 Å². The van der Waals surface area contributed by atoms with Crippen LogP contribution in [0.1, 0.15) is 50.2 Å². The van der Waals surface area contributed by atoms with E-state index in [2.05, 4.69) is 52.0 Å². The van der Waals surface area contributed by atoms with Crippen LogP contribution in [0.3, 0.4) is 0 Å². The highest BCUT2D eigenvalue weighted by Gasteiger charge is 2.16. The molecular formula is C15H22BrN3O. The molecule has 0 aromatic carbocycles. The van der Waals surface area contributed by atoms with Crippen molar-refractivity contribution in [2.75, 3.05) is 7.05 Å². The van der Waals surface area contributed by atoms with Gasteiger partial charge in [0.15, 0.2) is 4.67 Å². The number of furan rings is 1. The highest BCUT2D eigenvalue weighted by Crippen LogP contribution is 2.23. The van der Waals surface area contributed by atoms with Crippen molar-refractivity contribution >= 4 is 15.9 Å². The second-order valence-corrected chi connectivity index (χ2v) is 5.73. The van der Waals surface area contributed by atoms with E-state index in [9.17, 15) is 0 Å². The SMILES string of the molecule is CCC(CC)n1ccc(CC(NC)c2ccc(Br)o2)n1. The fourth-order valence-corrected chi connectivity index (χ4v) is 2.74. The third-order valence-corrected chi connectivity index (χ3v) is 4.11. The van der Waals surface area contributed by atoms with Gasteiger partial charge in [-0.1, -0.05) is 13.8 Å². The molecule has 5 heteroatoms. The summed E-state index contributed by atoms with van der Waals surface area (Å²) in [7, 11) is 1.94. The van der Waals surface area contributed by atoms with E-state index in [0.717, 1.165) is 35.4 Å². The van der Waals surface area contributed by atoms with Crippen LogP contribution >= 0.6 is 15.9 Å². The van der Waals surface area contributed by atoms with Crippen LogP contribution in [0.25, 0.3) is 0 Å². The van der Waals surface area contributed by atoms with Gasteiger partial charge in [-0.05, 0) is 54.0 Å². The molecule has 0 saturated carbocycles. The zero-order valence-electron chi connectivity index (χ0n) is 12.3. The minimum absolute atomic E-state index is 0.145. The Morgan fingerprint density at radius 1 is 1.30 bits per heavy atom. The van der Waals surface area contributed by atoms with Crippen molar-refractivity contribution in [2.24, 2.45) is 0 Å². The summed E-state index contributed by atoms with van der Waals surface area (Å²) in [6, 6.07) is 6.65. The molecule has 2 aromatic heterocycles. The van der Waals surface area contributed by atoms with Crippen molar-refractivity contribution in [3.8, 4) is 0 Å². The summed E-state index contributed by atoms with van der Waals surface area (Å²) >= 11 is 3.34. The summed E-state index contributed by atoms with van der Waals surface area (Å²) in [4.78, 5) is 0. The minimum Gasteiger partial charge on any atom is -0.453 e. The first-order valence-corrected chi connectivity index (χ1v) is 7.93. The van der Waals surface area contributed by atoms with E-state index in [0.29, 0.717) is 6.04 Å². The summed E-state index contributed by atoms with van der Waals surface area (Å²) in [6.45, 7) is 4.40. The zero-order chi connectivity index (χ0) is 14.5. The Hall–Kier alpha value is -1.07. The van der Waals surface area contributed by atoms with E-state index in [1.807, 2.05) is 19.2 Å². The van der Waals surface area contributed by atoms with E-state index < -0.39 is 0 Å². The molecule has 0 bridgehead atoms. The van der Waals surface area contributed by atoms with Crippen LogP contribution in [-0.2, 0) is 6.42 Å².